The fourth-order valence-corrected chi connectivity index (χ4v) is 1.88. The predicted octanol–water partition coefficient (Wildman–Crippen LogP) is 1.01. The fourth-order valence-electron chi connectivity index (χ4n) is 1.70. The number of rotatable bonds is 2. The lowest BCUT2D eigenvalue weighted by atomic mass is 9.88. The van der Waals surface area contributed by atoms with Gasteiger partial charge in [0.2, 0.25) is 0 Å². The number of alkyl halides is 1. The van der Waals surface area contributed by atoms with Crippen molar-refractivity contribution < 1.29 is 4.74 Å². The standard InChI is InChI=1S/C8H13ClN4O/c1-8(2)5-14-4-6(8)13-7(3-9)10-11-12-13/h6H,3-5H2,1-2H3. The summed E-state index contributed by atoms with van der Waals surface area (Å²) < 4.78 is 7.21. The van der Waals surface area contributed by atoms with Gasteiger partial charge in [-0.25, -0.2) is 4.68 Å². The van der Waals surface area contributed by atoms with Crippen LogP contribution < -0.4 is 0 Å². The van der Waals surface area contributed by atoms with E-state index >= 15 is 0 Å². The third-order valence-electron chi connectivity index (χ3n) is 2.63. The van der Waals surface area contributed by atoms with Crippen LogP contribution in [0.3, 0.4) is 0 Å². The Bertz CT molecular complexity index is 325. The van der Waals surface area contributed by atoms with E-state index < -0.39 is 0 Å². The van der Waals surface area contributed by atoms with Crippen molar-refractivity contribution in [3.8, 4) is 0 Å². The van der Waals surface area contributed by atoms with Crippen molar-refractivity contribution in [1.82, 2.24) is 20.2 Å². The van der Waals surface area contributed by atoms with E-state index in [1.54, 1.807) is 4.68 Å². The molecule has 6 heteroatoms. The molecular weight excluding hydrogens is 204 g/mol. The van der Waals surface area contributed by atoms with Gasteiger partial charge in [0.1, 0.15) is 0 Å². The van der Waals surface area contributed by atoms with Crippen LogP contribution in [0.15, 0.2) is 0 Å². The third kappa shape index (κ3) is 1.50. The lowest BCUT2D eigenvalue weighted by Gasteiger charge is -2.24. The molecule has 1 fully saturated rings. The summed E-state index contributed by atoms with van der Waals surface area (Å²) in [6, 6.07) is 0.186. The van der Waals surface area contributed by atoms with Crippen molar-refractivity contribution in [2.45, 2.75) is 25.8 Å². The maximum atomic E-state index is 5.74. The lowest BCUT2D eigenvalue weighted by molar-refractivity contribution is 0.166. The summed E-state index contributed by atoms with van der Waals surface area (Å²) in [5, 5.41) is 11.4. The van der Waals surface area contributed by atoms with Gasteiger partial charge in [0, 0.05) is 5.41 Å². The van der Waals surface area contributed by atoms with E-state index in [4.69, 9.17) is 16.3 Å². The smallest absolute Gasteiger partial charge is 0.166 e. The molecule has 0 aromatic carbocycles. The molecule has 1 aliphatic heterocycles. The normalized spacial score (nSPS) is 25.5. The molecule has 0 N–H and O–H groups in total. The minimum Gasteiger partial charge on any atom is -0.379 e. The van der Waals surface area contributed by atoms with Crippen LogP contribution in [0.1, 0.15) is 25.7 Å². The summed E-state index contributed by atoms with van der Waals surface area (Å²) in [7, 11) is 0. The number of nitrogens with zero attached hydrogens (tertiary/aromatic N) is 4. The quantitative estimate of drug-likeness (QED) is 0.693. The van der Waals surface area contributed by atoms with Gasteiger partial charge in [-0.3, -0.25) is 0 Å². The van der Waals surface area contributed by atoms with E-state index in [-0.39, 0.29) is 11.5 Å². The second kappa shape index (κ2) is 3.47. The molecule has 1 saturated heterocycles. The summed E-state index contributed by atoms with van der Waals surface area (Å²) >= 11 is 5.74. The summed E-state index contributed by atoms with van der Waals surface area (Å²) in [6.07, 6.45) is 0. The highest BCUT2D eigenvalue weighted by molar-refractivity contribution is 6.16. The highest BCUT2D eigenvalue weighted by atomic mass is 35.5. The minimum absolute atomic E-state index is 0.0657. The second-order valence-corrected chi connectivity index (χ2v) is 4.46. The summed E-state index contributed by atoms with van der Waals surface area (Å²) in [4.78, 5) is 0. The van der Waals surface area contributed by atoms with Crippen LogP contribution in [0.4, 0.5) is 0 Å². The van der Waals surface area contributed by atoms with Gasteiger partial charge in [-0.05, 0) is 10.4 Å². The summed E-state index contributed by atoms with van der Waals surface area (Å²) in [5.74, 6) is 1.04. The third-order valence-corrected chi connectivity index (χ3v) is 2.87. The van der Waals surface area contributed by atoms with Gasteiger partial charge in [0.15, 0.2) is 5.82 Å². The molecule has 14 heavy (non-hydrogen) atoms. The number of halogens is 1. The Balaban J connectivity index is 2.30. The van der Waals surface area contributed by atoms with Gasteiger partial charge in [-0.15, -0.1) is 16.7 Å². The van der Waals surface area contributed by atoms with Crippen LogP contribution in [0.5, 0.6) is 0 Å². The van der Waals surface area contributed by atoms with E-state index in [0.29, 0.717) is 18.3 Å². The zero-order valence-corrected chi connectivity index (χ0v) is 9.03. The molecule has 0 radical (unpaired) electrons. The summed E-state index contributed by atoms with van der Waals surface area (Å²) in [5.41, 5.74) is 0.0657. The number of hydrogen-bond donors (Lipinski definition) is 0. The van der Waals surface area contributed by atoms with Crippen LogP contribution in [-0.4, -0.2) is 33.4 Å². The van der Waals surface area contributed by atoms with Gasteiger partial charge in [0.05, 0.1) is 25.1 Å². The lowest BCUT2D eigenvalue weighted by Crippen LogP contribution is -2.27. The molecule has 1 aromatic heterocycles. The Kier molecular flexibility index (Phi) is 2.45. The zero-order chi connectivity index (χ0) is 10.2. The Morgan fingerprint density at radius 2 is 2.43 bits per heavy atom. The van der Waals surface area contributed by atoms with Gasteiger partial charge < -0.3 is 4.74 Å². The van der Waals surface area contributed by atoms with E-state index in [9.17, 15) is 0 Å². The molecule has 0 aliphatic carbocycles. The van der Waals surface area contributed by atoms with Crippen LogP contribution in [0.25, 0.3) is 0 Å². The van der Waals surface area contributed by atoms with Crippen molar-refractivity contribution in [3.05, 3.63) is 5.82 Å². The zero-order valence-electron chi connectivity index (χ0n) is 8.27. The van der Waals surface area contributed by atoms with Crippen molar-refractivity contribution in [1.29, 1.82) is 0 Å². The minimum atomic E-state index is 0.0657. The van der Waals surface area contributed by atoms with Crippen LogP contribution >= 0.6 is 11.6 Å². The molecule has 78 valence electrons. The van der Waals surface area contributed by atoms with E-state index in [1.807, 2.05) is 0 Å². The number of tetrazole rings is 1. The highest BCUT2D eigenvalue weighted by Crippen LogP contribution is 2.36. The van der Waals surface area contributed by atoms with Crippen LogP contribution in [0.2, 0.25) is 0 Å². The Hall–Kier alpha value is -0.680. The van der Waals surface area contributed by atoms with Crippen molar-refractivity contribution >= 4 is 11.6 Å². The number of hydrogen-bond acceptors (Lipinski definition) is 4. The topological polar surface area (TPSA) is 52.8 Å². The second-order valence-electron chi connectivity index (χ2n) is 4.19. The van der Waals surface area contributed by atoms with Crippen molar-refractivity contribution in [2.75, 3.05) is 13.2 Å². The Morgan fingerprint density at radius 3 is 3.00 bits per heavy atom. The number of ether oxygens (including phenoxy) is 1. The first kappa shape index (κ1) is 9.86. The largest absolute Gasteiger partial charge is 0.379 e. The molecule has 1 aliphatic rings. The monoisotopic (exact) mass is 216 g/mol. The fraction of sp³-hybridized carbons (Fsp3) is 0.875. The first-order valence-corrected chi connectivity index (χ1v) is 5.09. The molecule has 1 atom stereocenters. The molecule has 5 nitrogen and oxygen atoms in total. The average Bonchev–Trinajstić information content (AvgIpc) is 2.69. The molecule has 0 spiro atoms. The molecule has 1 aromatic rings. The Morgan fingerprint density at radius 1 is 1.64 bits per heavy atom. The first-order chi connectivity index (χ1) is 6.65. The maximum Gasteiger partial charge on any atom is 0.166 e. The molecule has 0 saturated carbocycles. The van der Waals surface area contributed by atoms with Crippen LogP contribution in [0, 0.1) is 5.41 Å². The van der Waals surface area contributed by atoms with Gasteiger partial charge in [0.25, 0.3) is 0 Å². The van der Waals surface area contributed by atoms with Gasteiger partial charge >= 0.3 is 0 Å². The summed E-state index contributed by atoms with van der Waals surface area (Å²) in [6.45, 7) is 5.68. The van der Waals surface area contributed by atoms with E-state index in [0.717, 1.165) is 6.61 Å². The first-order valence-electron chi connectivity index (χ1n) is 4.55. The predicted molar refractivity (Wildman–Crippen MR) is 51.0 cm³/mol. The maximum absolute atomic E-state index is 5.74. The van der Waals surface area contributed by atoms with Crippen molar-refractivity contribution in [3.63, 3.8) is 0 Å². The molecule has 0 amide bonds. The van der Waals surface area contributed by atoms with Crippen LogP contribution in [-0.2, 0) is 10.6 Å². The highest BCUT2D eigenvalue weighted by Gasteiger charge is 2.38. The van der Waals surface area contributed by atoms with E-state index in [1.165, 1.54) is 0 Å². The molecule has 1 unspecified atom stereocenters. The molecule has 0 bridgehead atoms. The SMILES string of the molecule is CC1(C)COCC1n1nnnc1CCl. The van der Waals surface area contributed by atoms with Crippen molar-refractivity contribution in [2.24, 2.45) is 5.41 Å². The molecule has 2 rings (SSSR count). The molecular formula is C8H13ClN4O. The van der Waals surface area contributed by atoms with E-state index in [2.05, 4.69) is 29.4 Å². The molecule has 2 heterocycles. The van der Waals surface area contributed by atoms with Gasteiger partial charge in [-0.1, -0.05) is 13.8 Å². The number of aromatic nitrogens is 4. The average molecular weight is 217 g/mol. The Labute approximate surface area is 87.4 Å². The van der Waals surface area contributed by atoms with Gasteiger partial charge in [-0.2, -0.15) is 0 Å².